The Labute approximate surface area is 199 Å². The number of hydrogen-bond donors (Lipinski definition) is 4. The van der Waals surface area contributed by atoms with Crippen LogP contribution in [0, 0.1) is 21.6 Å². The quantitative estimate of drug-likeness (QED) is 0.208. The van der Waals surface area contributed by atoms with Gasteiger partial charge in [-0.25, -0.2) is 40.8 Å². The van der Waals surface area contributed by atoms with Gasteiger partial charge in [0.15, 0.2) is 0 Å². The standard InChI is InChI=1S/4CHNO.18CH4/c4*2-1-3;;;;;;;;;;;;;;;;;;/h4*2H;18*1H4. The Hall–Kier alpha value is -2.48. The Bertz CT molecular complexity index is 165. The first-order valence-corrected chi connectivity index (χ1v) is 1.82. The lowest BCUT2D eigenvalue weighted by atomic mass is 11.7. The average Bonchev–Trinajstić information content (AvgIpc) is 1.92. The first kappa shape index (κ1) is 635. The maximum absolute atomic E-state index is 8.35. The Morgan fingerprint density at radius 1 is 0.233 bits per heavy atom. The van der Waals surface area contributed by atoms with E-state index < -0.39 is 0 Å². The van der Waals surface area contributed by atoms with Crippen LogP contribution >= 0.6 is 0 Å². The van der Waals surface area contributed by atoms with Crippen LogP contribution in [0.4, 0.5) is 0 Å². The molecule has 0 aliphatic rings. The van der Waals surface area contributed by atoms with Gasteiger partial charge in [0.1, 0.15) is 0 Å². The zero-order chi connectivity index (χ0) is 10.8. The molecule has 0 atom stereocenters. The second-order valence-electron chi connectivity index (χ2n) is 0.408. The molecule has 0 fully saturated rings. The average molecular weight is 461 g/mol. The van der Waals surface area contributed by atoms with Crippen LogP contribution < -0.4 is 0 Å². The number of isocyanates is 4. The second kappa shape index (κ2) is 7480. The minimum absolute atomic E-state index is 0. The molecule has 30 heavy (non-hydrogen) atoms. The van der Waals surface area contributed by atoms with Crippen molar-refractivity contribution in [3.63, 3.8) is 0 Å². The molecule has 0 saturated carbocycles. The van der Waals surface area contributed by atoms with Gasteiger partial charge in [-0.3, -0.25) is 0 Å². The van der Waals surface area contributed by atoms with Gasteiger partial charge in [-0.2, -0.15) is 0 Å². The van der Waals surface area contributed by atoms with E-state index in [4.69, 9.17) is 40.8 Å². The first-order chi connectivity index (χ1) is 5.66. The van der Waals surface area contributed by atoms with Gasteiger partial charge >= 0.3 is 0 Å². The van der Waals surface area contributed by atoms with Crippen molar-refractivity contribution in [2.75, 3.05) is 0 Å². The molecule has 0 aromatic carbocycles. The zero-order valence-corrected chi connectivity index (χ0v) is 5.63. The van der Waals surface area contributed by atoms with Crippen molar-refractivity contribution in [1.29, 1.82) is 21.6 Å². The first-order valence-electron chi connectivity index (χ1n) is 1.82. The highest BCUT2D eigenvalue weighted by atomic mass is 16.1. The van der Waals surface area contributed by atoms with Crippen molar-refractivity contribution in [2.45, 2.75) is 134 Å². The molecular formula is C22H76N4O4. The molecule has 4 N–H and O–H groups in total. The summed E-state index contributed by atoms with van der Waals surface area (Å²) in [4.78, 5) is 33.4. The van der Waals surface area contributed by atoms with Crippen molar-refractivity contribution >= 4 is 24.3 Å². The van der Waals surface area contributed by atoms with Crippen LogP contribution in [0.2, 0.25) is 0 Å². The van der Waals surface area contributed by atoms with E-state index in [9.17, 15) is 0 Å². The van der Waals surface area contributed by atoms with Gasteiger partial charge in [-0.1, -0.05) is 134 Å². The molecule has 0 amide bonds. The number of hydrogen-bond acceptors (Lipinski definition) is 8. The molecule has 0 aromatic heterocycles. The molecule has 0 saturated heterocycles. The predicted molar refractivity (Wildman–Crippen MR) is 155 cm³/mol. The molecule has 0 heterocycles. The van der Waals surface area contributed by atoms with E-state index in [1.54, 1.807) is 0 Å². The Balaban J connectivity index is -0.00000000119. The molecule has 0 aromatic rings. The third-order valence-corrected chi connectivity index (χ3v) is 0. The Morgan fingerprint density at radius 2 is 0.233 bits per heavy atom. The van der Waals surface area contributed by atoms with E-state index in [0.717, 1.165) is 24.3 Å². The SMILES string of the molecule is C.C.C.C.C.C.C.C.C.C.C.C.C.C.C.C.C.C.N=C=O.N=C=O.N=C=O.N=C=O. The molecule has 0 radical (unpaired) electrons. The lowest BCUT2D eigenvalue weighted by Gasteiger charge is -1.02. The topological polar surface area (TPSA) is 164 Å². The zero-order valence-electron chi connectivity index (χ0n) is 5.63. The van der Waals surface area contributed by atoms with E-state index in [2.05, 4.69) is 0 Å². The summed E-state index contributed by atoms with van der Waals surface area (Å²) in [5.41, 5.74) is 0. The maximum Gasteiger partial charge on any atom is 0.231 e. The van der Waals surface area contributed by atoms with Crippen LogP contribution in [-0.4, -0.2) is 24.3 Å². The molecule has 0 rings (SSSR count). The monoisotopic (exact) mass is 461 g/mol. The van der Waals surface area contributed by atoms with Crippen molar-refractivity contribution in [3.8, 4) is 0 Å². The van der Waals surface area contributed by atoms with Gasteiger partial charge in [0.2, 0.25) is 24.3 Å². The molecule has 0 bridgehead atoms. The molecule has 208 valence electrons. The second-order valence-corrected chi connectivity index (χ2v) is 0.408. The minimum atomic E-state index is 0. The summed E-state index contributed by atoms with van der Waals surface area (Å²) in [6.45, 7) is 0. The summed E-state index contributed by atoms with van der Waals surface area (Å²) >= 11 is 0. The fourth-order valence-electron chi connectivity index (χ4n) is 0. The van der Waals surface area contributed by atoms with Crippen LogP contribution in [0.25, 0.3) is 0 Å². The lowest BCUT2D eigenvalue weighted by molar-refractivity contribution is 0.562. The highest BCUT2D eigenvalue weighted by Crippen LogP contribution is 0.877. The third-order valence-electron chi connectivity index (χ3n) is 0. The van der Waals surface area contributed by atoms with Crippen LogP contribution in [0.1, 0.15) is 134 Å². The summed E-state index contributed by atoms with van der Waals surface area (Å²) in [5, 5.41) is 21.6. The normalized spacial score (nSPS) is 1.07. The minimum Gasteiger partial charge on any atom is -0.222 e. The van der Waals surface area contributed by atoms with E-state index in [0.29, 0.717) is 0 Å². The Morgan fingerprint density at radius 3 is 0.233 bits per heavy atom. The highest BCUT2D eigenvalue weighted by molar-refractivity contribution is 5.26. The highest BCUT2D eigenvalue weighted by Gasteiger charge is 1.04. The summed E-state index contributed by atoms with van der Waals surface area (Å²) in [6, 6.07) is 0. The summed E-state index contributed by atoms with van der Waals surface area (Å²) < 4.78 is 0. The number of carbonyl (C=O) groups excluding carboxylic acids is 4. The molecule has 8 heteroatoms. The van der Waals surface area contributed by atoms with Gasteiger partial charge in [0, 0.05) is 0 Å². The van der Waals surface area contributed by atoms with Crippen LogP contribution in [0.15, 0.2) is 0 Å². The van der Waals surface area contributed by atoms with Crippen LogP contribution in [0.3, 0.4) is 0 Å². The van der Waals surface area contributed by atoms with Crippen LogP contribution in [0.5, 0.6) is 0 Å². The van der Waals surface area contributed by atoms with Gasteiger partial charge in [0.05, 0.1) is 0 Å². The fraction of sp³-hybridized carbons (Fsp3) is 0.818. The van der Waals surface area contributed by atoms with Crippen molar-refractivity contribution in [3.05, 3.63) is 0 Å². The Kier molecular flexibility index (Phi) is 158000. The van der Waals surface area contributed by atoms with Crippen molar-refractivity contribution < 1.29 is 19.2 Å². The van der Waals surface area contributed by atoms with Crippen LogP contribution in [-0.2, 0) is 19.2 Å². The molecular weight excluding hydrogens is 384 g/mol. The van der Waals surface area contributed by atoms with Crippen molar-refractivity contribution in [1.82, 2.24) is 0 Å². The van der Waals surface area contributed by atoms with E-state index in [-0.39, 0.29) is 134 Å². The third kappa shape index (κ3) is 2490. The van der Waals surface area contributed by atoms with Gasteiger partial charge in [-0.05, 0) is 0 Å². The van der Waals surface area contributed by atoms with E-state index >= 15 is 0 Å². The molecule has 0 spiro atoms. The predicted octanol–water partition coefficient (Wildman–Crippen LogP) is 11.1. The molecule has 0 aliphatic carbocycles. The smallest absolute Gasteiger partial charge is 0.222 e. The number of nitrogens with one attached hydrogen (secondary N) is 4. The van der Waals surface area contributed by atoms with E-state index in [1.807, 2.05) is 0 Å². The van der Waals surface area contributed by atoms with Gasteiger partial charge in [-0.15, -0.1) is 0 Å². The molecule has 0 unspecified atom stereocenters. The summed E-state index contributed by atoms with van der Waals surface area (Å²) in [5.74, 6) is 0. The fourth-order valence-corrected chi connectivity index (χ4v) is 0. The largest absolute Gasteiger partial charge is 0.231 e. The van der Waals surface area contributed by atoms with Gasteiger partial charge in [0.25, 0.3) is 0 Å². The van der Waals surface area contributed by atoms with Crippen molar-refractivity contribution in [2.24, 2.45) is 0 Å². The maximum atomic E-state index is 8.35. The molecule has 0 aliphatic heterocycles. The van der Waals surface area contributed by atoms with Gasteiger partial charge < -0.3 is 0 Å². The van der Waals surface area contributed by atoms with E-state index in [1.165, 1.54) is 0 Å². The summed E-state index contributed by atoms with van der Waals surface area (Å²) in [7, 11) is 0. The lowest BCUT2D eigenvalue weighted by Crippen LogP contribution is -1.16. The molecule has 8 nitrogen and oxygen atoms in total. The number of rotatable bonds is 0. The summed E-state index contributed by atoms with van der Waals surface area (Å²) in [6.07, 6.45) is 3.00.